The van der Waals surface area contributed by atoms with Crippen molar-refractivity contribution in [2.24, 2.45) is 0 Å². The number of hydrogen-bond donors (Lipinski definition) is 2. The molecule has 1 aromatic heterocycles. The lowest BCUT2D eigenvalue weighted by molar-refractivity contribution is 0.306. The van der Waals surface area contributed by atoms with Crippen LogP contribution in [-0.2, 0) is 13.2 Å². The topological polar surface area (TPSA) is 54.9 Å². The van der Waals surface area contributed by atoms with Crippen LogP contribution in [0.15, 0.2) is 78.9 Å². The number of aromatic nitrogens is 3. The third kappa shape index (κ3) is 4.85. The Kier molecular flexibility index (Phi) is 5.93. The van der Waals surface area contributed by atoms with E-state index in [1.165, 1.54) is 0 Å². The molecule has 0 bridgehead atoms. The Labute approximate surface area is 178 Å². The molecule has 0 amide bonds. The second kappa shape index (κ2) is 8.94. The van der Waals surface area contributed by atoms with Gasteiger partial charge in [-0.1, -0.05) is 66.2 Å². The molecule has 1 heterocycles. The highest BCUT2D eigenvalue weighted by Gasteiger charge is 2.08. The Morgan fingerprint density at radius 2 is 1.76 bits per heavy atom. The van der Waals surface area contributed by atoms with Crippen LogP contribution in [0.3, 0.4) is 0 Å². The van der Waals surface area contributed by atoms with E-state index >= 15 is 0 Å². The molecule has 7 heteroatoms. The van der Waals surface area contributed by atoms with E-state index in [-0.39, 0.29) is 0 Å². The van der Waals surface area contributed by atoms with Gasteiger partial charge in [0, 0.05) is 10.6 Å². The van der Waals surface area contributed by atoms with Gasteiger partial charge in [-0.2, -0.15) is 5.10 Å². The van der Waals surface area contributed by atoms with E-state index in [1.807, 2.05) is 78.9 Å². The van der Waals surface area contributed by atoms with Crippen molar-refractivity contribution in [2.45, 2.75) is 13.2 Å². The van der Waals surface area contributed by atoms with Crippen molar-refractivity contribution < 1.29 is 4.74 Å². The molecule has 4 aromatic rings. The van der Waals surface area contributed by atoms with Crippen molar-refractivity contribution in [3.05, 3.63) is 99.8 Å². The van der Waals surface area contributed by atoms with Gasteiger partial charge in [-0.05, 0) is 47.6 Å². The first kappa shape index (κ1) is 19.2. The summed E-state index contributed by atoms with van der Waals surface area (Å²) in [5.41, 5.74) is 6.40. The van der Waals surface area contributed by atoms with Crippen LogP contribution in [0.25, 0.3) is 11.4 Å². The highest BCUT2D eigenvalue weighted by molar-refractivity contribution is 7.71. The number of hydrogen-bond acceptors (Lipinski definition) is 4. The molecule has 0 atom stereocenters. The molecular formula is C22H19ClN4OS. The molecule has 0 aliphatic carbocycles. The molecule has 5 nitrogen and oxygen atoms in total. The smallest absolute Gasteiger partial charge is 0.214 e. The molecular weight excluding hydrogens is 404 g/mol. The summed E-state index contributed by atoms with van der Waals surface area (Å²) in [6.45, 7) is 1.03. The fraction of sp³-hybridized carbons (Fsp3) is 0.0909. The largest absolute Gasteiger partial charge is 0.489 e. The standard InChI is InChI=1S/C22H19ClN4OS/c23-19-10-4-7-17(12-19)15-28-20-11-5-6-16(13-20)14-24-27-21(25-26-22(27)29)18-8-2-1-3-9-18/h1-13,24H,14-15H2,(H,26,29). The van der Waals surface area contributed by atoms with E-state index in [4.69, 9.17) is 28.6 Å². The van der Waals surface area contributed by atoms with Crippen LogP contribution in [0.1, 0.15) is 11.1 Å². The molecule has 29 heavy (non-hydrogen) atoms. The number of ether oxygens (including phenoxy) is 1. The van der Waals surface area contributed by atoms with Gasteiger partial charge < -0.3 is 10.2 Å². The highest BCUT2D eigenvalue weighted by atomic mass is 35.5. The number of halogens is 1. The van der Waals surface area contributed by atoms with Crippen LogP contribution >= 0.6 is 23.8 Å². The van der Waals surface area contributed by atoms with Gasteiger partial charge in [0.15, 0.2) is 5.82 Å². The summed E-state index contributed by atoms with van der Waals surface area (Å²) in [5, 5.41) is 7.88. The lowest BCUT2D eigenvalue weighted by Crippen LogP contribution is -2.16. The van der Waals surface area contributed by atoms with Gasteiger partial charge in [0.1, 0.15) is 12.4 Å². The van der Waals surface area contributed by atoms with Crippen LogP contribution in [0.4, 0.5) is 0 Å². The first-order valence-electron chi connectivity index (χ1n) is 9.12. The third-order valence-corrected chi connectivity index (χ3v) is 4.85. The number of aromatic amines is 1. The van der Waals surface area contributed by atoms with Crippen LogP contribution in [0, 0.1) is 4.77 Å². The van der Waals surface area contributed by atoms with Crippen molar-refractivity contribution >= 4 is 23.8 Å². The molecule has 3 aromatic carbocycles. The van der Waals surface area contributed by atoms with Crippen molar-refractivity contribution in [1.82, 2.24) is 14.9 Å². The maximum absolute atomic E-state index is 6.03. The third-order valence-electron chi connectivity index (χ3n) is 4.34. The number of rotatable bonds is 7. The van der Waals surface area contributed by atoms with E-state index in [0.29, 0.717) is 22.9 Å². The Morgan fingerprint density at radius 3 is 2.59 bits per heavy atom. The normalized spacial score (nSPS) is 10.7. The van der Waals surface area contributed by atoms with Gasteiger partial charge >= 0.3 is 0 Å². The van der Waals surface area contributed by atoms with Crippen molar-refractivity contribution in [1.29, 1.82) is 0 Å². The zero-order chi connectivity index (χ0) is 20.1. The van der Waals surface area contributed by atoms with Crippen LogP contribution < -0.4 is 10.2 Å². The molecule has 0 fully saturated rings. The monoisotopic (exact) mass is 422 g/mol. The summed E-state index contributed by atoms with van der Waals surface area (Å²) >= 11 is 11.4. The Balaban J connectivity index is 1.44. The number of H-pyrrole nitrogens is 1. The van der Waals surface area contributed by atoms with E-state index in [1.54, 1.807) is 4.68 Å². The minimum Gasteiger partial charge on any atom is -0.489 e. The predicted octanol–water partition coefficient (Wildman–Crippen LogP) is 5.58. The maximum Gasteiger partial charge on any atom is 0.214 e. The quantitative estimate of drug-likeness (QED) is 0.381. The fourth-order valence-corrected chi connectivity index (χ4v) is 3.34. The maximum atomic E-state index is 6.03. The summed E-state index contributed by atoms with van der Waals surface area (Å²) in [4.78, 5) is 0. The van der Waals surface area contributed by atoms with Gasteiger partial charge in [-0.15, -0.1) is 0 Å². The van der Waals surface area contributed by atoms with Crippen LogP contribution in [0.5, 0.6) is 5.75 Å². The molecule has 0 saturated carbocycles. The van der Waals surface area contributed by atoms with Gasteiger partial charge in [-0.25, -0.2) is 9.77 Å². The predicted molar refractivity (Wildman–Crippen MR) is 118 cm³/mol. The summed E-state index contributed by atoms with van der Waals surface area (Å²) in [5.74, 6) is 1.53. The van der Waals surface area contributed by atoms with Gasteiger partial charge in [0.25, 0.3) is 0 Å². The van der Waals surface area contributed by atoms with Crippen LogP contribution in [-0.4, -0.2) is 14.9 Å². The average Bonchev–Trinajstić information content (AvgIpc) is 3.12. The second-order valence-corrected chi connectivity index (χ2v) is 7.28. The number of benzene rings is 3. The van der Waals surface area contributed by atoms with Gasteiger partial charge in [-0.3, -0.25) is 0 Å². The number of nitrogens with zero attached hydrogens (tertiary/aromatic N) is 2. The van der Waals surface area contributed by atoms with E-state index in [0.717, 1.165) is 28.3 Å². The fourth-order valence-electron chi connectivity index (χ4n) is 2.93. The highest BCUT2D eigenvalue weighted by Crippen LogP contribution is 2.18. The zero-order valence-corrected chi connectivity index (χ0v) is 17.1. The first-order valence-corrected chi connectivity index (χ1v) is 9.90. The Morgan fingerprint density at radius 1 is 0.966 bits per heavy atom. The summed E-state index contributed by atoms with van der Waals surface area (Å²) in [6, 6.07) is 25.5. The Bertz CT molecular complexity index is 1160. The summed E-state index contributed by atoms with van der Waals surface area (Å²) < 4.78 is 8.20. The lowest BCUT2D eigenvalue weighted by Gasteiger charge is -2.12. The SMILES string of the molecule is S=c1[nH]nc(-c2ccccc2)n1NCc1cccc(OCc2cccc(Cl)c2)c1. The lowest BCUT2D eigenvalue weighted by atomic mass is 10.2. The second-order valence-electron chi connectivity index (χ2n) is 6.45. The molecule has 0 aliphatic heterocycles. The molecule has 4 rings (SSSR count). The van der Waals surface area contributed by atoms with E-state index in [2.05, 4.69) is 15.6 Å². The number of nitrogens with one attached hydrogen (secondary N) is 2. The molecule has 2 N–H and O–H groups in total. The van der Waals surface area contributed by atoms with Gasteiger partial charge in [0.05, 0.1) is 6.54 Å². The molecule has 0 aliphatic rings. The van der Waals surface area contributed by atoms with Crippen LogP contribution in [0.2, 0.25) is 5.02 Å². The first-order chi connectivity index (χ1) is 14.2. The molecule has 0 radical (unpaired) electrons. The van der Waals surface area contributed by atoms with Crippen molar-refractivity contribution in [2.75, 3.05) is 5.43 Å². The average molecular weight is 423 g/mol. The van der Waals surface area contributed by atoms with Crippen molar-refractivity contribution in [3.8, 4) is 17.1 Å². The molecule has 0 unspecified atom stereocenters. The Hall–Kier alpha value is -3.09. The minimum atomic E-state index is 0.461. The van der Waals surface area contributed by atoms with Crippen molar-refractivity contribution in [3.63, 3.8) is 0 Å². The summed E-state index contributed by atoms with van der Waals surface area (Å²) in [7, 11) is 0. The van der Waals surface area contributed by atoms with Gasteiger partial charge in [0.2, 0.25) is 4.77 Å². The van der Waals surface area contributed by atoms with E-state index in [9.17, 15) is 0 Å². The minimum absolute atomic E-state index is 0.461. The molecule has 146 valence electrons. The zero-order valence-electron chi connectivity index (χ0n) is 15.5. The molecule has 0 saturated heterocycles. The van der Waals surface area contributed by atoms with E-state index < -0.39 is 0 Å². The summed E-state index contributed by atoms with van der Waals surface area (Å²) in [6.07, 6.45) is 0. The molecule has 0 spiro atoms.